The summed E-state index contributed by atoms with van der Waals surface area (Å²) in [5, 5.41) is 1.12. The van der Waals surface area contributed by atoms with E-state index in [4.69, 9.17) is 0 Å². The van der Waals surface area contributed by atoms with Crippen LogP contribution in [0.3, 0.4) is 0 Å². The molecular formula is C10H9N2Y-. The van der Waals surface area contributed by atoms with Crippen LogP contribution in [0, 0.1) is 20.2 Å². The van der Waals surface area contributed by atoms with E-state index in [1.165, 1.54) is 5.56 Å². The number of fused-ring (bicyclic) bond motifs is 1. The van der Waals surface area contributed by atoms with E-state index in [1.54, 1.807) is 0 Å². The van der Waals surface area contributed by atoms with Crippen molar-refractivity contribution in [2.45, 2.75) is 13.8 Å². The molecule has 0 spiro atoms. The van der Waals surface area contributed by atoms with Crippen molar-refractivity contribution >= 4 is 10.9 Å². The fourth-order valence-corrected chi connectivity index (χ4v) is 1.31. The summed E-state index contributed by atoms with van der Waals surface area (Å²) in [6.45, 7) is 4.02. The van der Waals surface area contributed by atoms with Crippen molar-refractivity contribution < 1.29 is 32.7 Å². The number of hydrogen-bond donors (Lipinski definition) is 0. The van der Waals surface area contributed by atoms with Gasteiger partial charge >= 0.3 is 0 Å². The molecule has 1 heterocycles. The largest absolute Gasteiger partial charge is 0.370 e. The van der Waals surface area contributed by atoms with Crippen molar-refractivity contribution in [2.24, 2.45) is 0 Å². The van der Waals surface area contributed by atoms with Gasteiger partial charge in [0.1, 0.15) is 0 Å². The van der Waals surface area contributed by atoms with E-state index in [0.717, 1.165) is 16.6 Å². The van der Waals surface area contributed by atoms with Gasteiger partial charge < -0.3 is 9.97 Å². The zero-order chi connectivity index (χ0) is 8.55. The minimum absolute atomic E-state index is 0. The number of nitrogens with zero attached hydrogens (tertiary/aromatic N) is 2. The summed E-state index contributed by atoms with van der Waals surface area (Å²) in [7, 11) is 0. The van der Waals surface area contributed by atoms with E-state index in [1.807, 2.05) is 32.0 Å². The first kappa shape index (κ1) is 10.7. The van der Waals surface area contributed by atoms with Gasteiger partial charge in [0.05, 0.1) is 0 Å². The molecule has 0 aliphatic heterocycles. The molecule has 63 valence electrons. The Morgan fingerprint density at radius 3 is 2.62 bits per heavy atom. The van der Waals surface area contributed by atoms with Crippen LogP contribution in [0.4, 0.5) is 0 Å². The zero-order valence-corrected chi connectivity index (χ0v) is 10.5. The number of rotatable bonds is 0. The van der Waals surface area contributed by atoms with Crippen LogP contribution in [-0.4, -0.2) is 9.97 Å². The fourth-order valence-electron chi connectivity index (χ4n) is 1.31. The first-order valence-corrected chi connectivity index (χ1v) is 3.89. The van der Waals surface area contributed by atoms with Gasteiger partial charge in [-0.3, -0.25) is 0 Å². The molecular weight excluding hydrogens is 237 g/mol. The predicted molar refractivity (Wildman–Crippen MR) is 47.8 cm³/mol. The first-order valence-electron chi connectivity index (χ1n) is 3.89. The summed E-state index contributed by atoms with van der Waals surface area (Å²) in [5.41, 5.74) is 3.17. The second-order valence-corrected chi connectivity index (χ2v) is 2.88. The van der Waals surface area contributed by atoms with Crippen LogP contribution in [-0.2, 0) is 32.7 Å². The van der Waals surface area contributed by atoms with Gasteiger partial charge in [-0.15, -0.1) is 0 Å². The Morgan fingerprint density at radius 1 is 1.15 bits per heavy atom. The van der Waals surface area contributed by atoms with Crippen LogP contribution in [0.5, 0.6) is 0 Å². The summed E-state index contributed by atoms with van der Waals surface area (Å²) >= 11 is 0. The van der Waals surface area contributed by atoms with Crippen molar-refractivity contribution in [3.63, 3.8) is 0 Å². The van der Waals surface area contributed by atoms with E-state index in [-0.39, 0.29) is 32.7 Å². The van der Waals surface area contributed by atoms with E-state index in [9.17, 15) is 0 Å². The number of para-hydroxylation sites is 1. The summed E-state index contributed by atoms with van der Waals surface area (Å²) in [4.78, 5) is 8.12. The predicted octanol–water partition coefficient (Wildman–Crippen LogP) is 2.04. The van der Waals surface area contributed by atoms with Gasteiger partial charge in [0.25, 0.3) is 0 Å². The van der Waals surface area contributed by atoms with Gasteiger partial charge in [-0.1, -0.05) is 41.8 Å². The topological polar surface area (TPSA) is 25.8 Å². The third-order valence-electron chi connectivity index (χ3n) is 2.01. The average molecular weight is 246 g/mol. The van der Waals surface area contributed by atoms with Crippen LogP contribution < -0.4 is 0 Å². The van der Waals surface area contributed by atoms with E-state index < -0.39 is 0 Å². The Bertz CT molecular complexity index is 385. The molecule has 0 N–H and O–H groups in total. The Balaban J connectivity index is 0.000000845. The van der Waals surface area contributed by atoms with Crippen LogP contribution in [0.25, 0.3) is 10.9 Å². The minimum atomic E-state index is 0. The molecule has 0 bridgehead atoms. The zero-order valence-electron chi connectivity index (χ0n) is 7.70. The third-order valence-corrected chi connectivity index (χ3v) is 2.01. The van der Waals surface area contributed by atoms with Gasteiger partial charge in [0.15, 0.2) is 0 Å². The summed E-state index contributed by atoms with van der Waals surface area (Å²) in [5.74, 6) is 0. The molecule has 1 radical (unpaired) electrons. The van der Waals surface area contributed by atoms with Crippen molar-refractivity contribution in [3.8, 4) is 0 Å². The maximum atomic E-state index is 4.11. The monoisotopic (exact) mass is 246 g/mol. The number of aryl methyl sites for hydroxylation is 2. The van der Waals surface area contributed by atoms with Gasteiger partial charge in [-0.05, 0) is 12.4 Å². The quantitative estimate of drug-likeness (QED) is 0.665. The van der Waals surface area contributed by atoms with Crippen LogP contribution in [0.1, 0.15) is 11.3 Å². The second kappa shape index (κ2) is 4.25. The molecule has 0 unspecified atom stereocenters. The molecule has 0 fully saturated rings. The molecule has 0 saturated heterocycles. The molecule has 13 heavy (non-hydrogen) atoms. The van der Waals surface area contributed by atoms with Crippen LogP contribution in [0.2, 0.25) is 0 Å². The van der Waals surface area contributed by atoms with Crippen molar-refractivity contribution in [3.05, 3.63) is 35.8 Å². The van der Waals surface area contributed by atoms with E-state index in [0.29, 0.717) is 0 Å². The molecule has 0 aliphatic carbocycles. The maximum absolute atomic E-state index is 4.11. The standard InChI is InChI=1S/C10H9N2.Y/c1-7-4-3-5-9-8(2)11-6-12-10(7)9;/h3-5H,1-2H3;/q-1;. The van der Waals surface area contributed by atoms with E-state index >= 15 is 0 Å². The summed E-state index contributed by atoms with van der Waals surface area (Å²) in [6, 6.07) is 6.10. The molecule has 2 aromatic rings. The molecule has 2 nitrogen and oxygen atoms in total. The Labute approximate surface area is 103 Å². The van der Waals surface area contributed by atoms with Crippen molar-refractivity contribution in [2.75, 3.05) is 0 Å². The average Bonchev–Trinajstić information content (AvgIpc) is 2.07. The number of hydrogen-bond acceptors (Lipinski definition) is 2. The number of aromatic nitrogens is 2. The minimum Gasteiger partial charge on any atom is -0.370 e. The van der Waals surface area contributed by atoms with Crippen molar-refractivity contribution in [1.29, 1.82) is 0 Å². The summed E-state index contributed by atoms with van der Waals surface area (Å²) < 4.78 is 0. The van der Waals surface area contributed by atoms with Gasteiger partial charge in [0.2, 0.25) is 0 Å². The van der Waals surface area contributed by atoms with Crippen LogP contribution in [0.15, 0.2) is 18.2 Å². The van der Waals surface area contributed by atoms with Crippen molar-refractivity contribution in [1.82, 2.24) is 9.97 Å². The first-order chi connectivity index (χ1) is 5.79. The molecule has 0 amide bonds. The number of benzene rings is 1. The second-order valence-electron chi connectivity index (χ2n) is 2.88. The van der Waals surface area contributed by atoms with E-state index in [2.05, 4.69) is 16.3 Å². The summed E-state index contributed by atoms with van der Waals surface area (Å²) in [6.07, 6.45) is 2.64. The molecule has 1 aromatic carbocycles. The molecule has 0 saturated carbocycles. The SMILES string of the molecule is Cc1n[c-]nc2c(C)cccc12.[Y]. The van der Waals surface area contributed by atoms with Gasteiger partial charge in [-0.2, -0.15) is 0 Å². The molecule has 0 atom stereocenters. The molecule has 2 rings (SSSR count). The maximum Gasteiger partial charge on any atom is 0.0222 e. The fraction of sp³-hybridized carbons (Fsp3) is 0.200. The van der Waals surface area contributed by atoms with Gasteiger partial charge in [-0.25, -0.2) is 0 Å². The smallest absolute Gasteiger partial charge is 0.0222 e. The normalized spacial score (nSPS) is 9.69. The van der Waals surface area contributed by atoms with Crippen LogP contribution >= 0.6 is 0 Å². The Morgan fingerprint density at radius 2 is 1.92 bits per heavy atom. The molecule has 3 heteroatoms. The third kappa shape index (κ3) is 1.95. The molecule has 1 aromatic heterocycles. The Kier molecular flexibility index (Phi) is 3.51. The Hall–Kier alpha value is -0.336. The van der Waals surface area contributed by atoms with Gasteiger partial charge in [0, 0.05) is 39.0 Å². The molecule has 0 aliphatic rings.